The van der Waals surface area contributed by atoms with Gasteiger partial charge in [-0.2, -0.15) is 13.2 Å². The molecule has 0 bridgehead atoms. The summed E-state index contributed by atoms with van der Waals surface area (Å²) < 4.78 is 58.2. The minimum Gasteiger partial charge on any atom is -0.475 e. The number of fused-ring (bicyclic) bond motifs is 1. The van der Waals surface area contributed by atoms with Gasteiger partial charge in [0.25, 0.3) is 0 Å². The van der Waals surface area contributed by atoms with E-state index in [4.69, 9.17) is 14.9 Å². The van der Waals surface area contributed by atoms with E-state index >= 15 is 0 Å². The second kappa shape index (κ2) is 13.3. The van der Waals surface area contributed by atoms with Crippen LogP contribution in [0, 0.1) is 5.92 Å². The number of nitrogens with zero attached hydrogens (tertiary/aromatic N) is 1. The average molecular weight is 631 g/mol. The van der Waals surface area contributed by atoms with Gasteiger partial charge in [0.05, 0.1) is 23.5 Å². The van der Waals surface area contributed by atoms with Crippen molar-refractivity contribution in [3.05, 3.63) is 101 Å². The van der Waals surface area contributed by atoms with Crippen LogP contribution in [0.1, 0.15) is 47.2 Å². The first-order chi connectivity index (χ1) is 20.7. The summed E-state index contributed by atoms with van der Waals surface area (Å²) in [6.45, 7) is 1.91. The number of nitrogens with one attached hydrogen (secondary N) is 3. The SMILES string of the molecule is CC(Cc1ccccc1)C(=O)N[C@@H](Cc1ccc(C2CC(=O)NS2(=O)=O)cc1)c1nc2ccccc2[nH]1.O=C(O)C(F)(F)F. The summed E-state index contributed by atoms with van der Waals surface area (Å²) in [7, 11) is -3.71. The molecule has 3 aromatic carbocycles. The van der Waals surface area contributed by atoms with Gasteiger partial charge in [-0.25, -0.2) is 18.2 Å². The number of aromatic nitrogens is 2. The minimum atomic E-state index is -5.08. The van der Waals surface area contributed by atoms with Crippen LogP contribution in [0.25, 0.3) is 11.0 Å². The lowest BCUT2D eigenvalue weighted by atomic mass is 9.98. The van der Waals surface area contributed by atoms with E-state index in [1.165, 1.54) is 0 Å². The van der Waals surface area contributed by atoms with E-state index in [1.807, 2.05) is 78.4 Å². The Bertz CT molecular complexity index is 1710. The van der Waals surface area contributed by atoms with Crippen LogP contribution in [0.3, 0.4) is 0 Å². The van der Waals surface area contributed by atoms with Gasteiger partial charge in [-0.1, -0.05) is 73.7 Å². The third kappa shape index (κ3) is 8.22. The van der Waals surface area contributed by atoms with Crippen molar-refractivity contribution in [2.24, 2.45) is 5.92 Å². The molecule has 1 aliphatic rings. The topological polar surface area (TPSA) is 158 Å². The third-order valence-corrected chi connectivity index (χ3v) is 8.62. The molecular weight excluding hydrogens is 601 g/mol. The number of sulfonamides is 1. The number of halogens is 3. The number of para-hydroxylation sites is 2. The standard InChI is InChI=1S/C28H28N4O4S.C2HF3O2/c1-18(15-19-7-3-2-4-8-19)28(34)31-24(27-29-22-9-5-6-10-23(22)30-27)16-20-11-13-21(14-12-20)25-17-26(33)32-37(25,35)36;3-2(4,5)1(6)7/h2-14,18,24-25H,15-17H2,1H3,(H,29,30)(H,31,34)(H,32,33);(H,6,7)/t18?,24-,25?;/m0./s1. The molecule has 1 aliphatic heterocycles. The first-order valence-electron chi connectivity index (χ1n) is 13.5. The fraction of sp³-hybridized carbons (Fsp3) is 0.267. The molecule has 14 heteroatoms. The summed E-state index contributed by atoms with van der Waals surface area (Å²) in [4.78, 5) is 41.8. The van der Waals surface area contributed by atoms with Gasteiger partial charge in [0, 0.05) is 5.92 Å². The minimum absolute atomic E-state index is 0.0763. The number of carboxylic acid groups (broad SMARTS) is 1. The molecule has 1 fully saturated rings. The van der Waals surface area contributed by atoms with Gasteiger partial charge in [0.2, 0.25) is 21.8 Å². The number of carbonyl (C=O) groups excluding carboxylic acids is 2. The lowest BCUT2D eigenvalue weighted by molar-refractivity contribution is -0.192. The maximum absolute atomic E-state index is 13.2. The zero-order chi connectivity index (χ0) is 32.1. The van der Waals surface area contributed by atoms with Crippen molar-refractivity contribution < 1.29 is 41.1 Å². The van der Waals surface area contributed by atoms with Crippen LogP contribution < -0.4 is 10.0 Å². The second-order valence-electron chi connectivity index (χ2n) is 10.3. The molecule has 0 radical (unpaired) electrons. The first kappa shape index (κ1) is 32.2. The largest absolute Gasteiger partial charge is 0.490 e. The number of imidazole rings is 1. The maximum Gasteiger partial charge on any atom is 0.490 e. The summed E-state index contributed by atoms with van der Waals surface area (Å²) in [6, 6.07) is 24.3. The Morgan fingerprint density at radius 2 is 1.57 bits per heavy atom. The molecule has 0 aliphatic carbocycles. The van der Waals surface area contributed by atoms with Gasteiger partial charge in [-0.3, -0.25) is 14.3 Å². The van der Waals surface area contributed by atoms with Crippen LogP contribution in [0.4, 0.5) is 13.2 Å². The maximum atomic E-state index is 13.2. The molecule has 2 amide bonds. The number of aliphatic carboxylic acids is 1. The molecule has 4 N–H and O–H groups in total. The molecule has 1 saturated heterocycles. The number of amides is 2. The highest BCUT2D eigenvalue weighted by molar-refractivity contribution is 7.90. The number of aromatic amines is 1. The van der Waals surface area contributed by atoms with Crippen molar-refractivity contribution >= 4 is 38.8 Å². The normalized spacial score (nSPS) is 17.2. The Hall–Kier alpha value is -4.72. The molecule has 0 spiro atoms. The fourth-order valence-electron chi connectivity index (χ4n) is 4.68. The molecule has 0 saturated carbocycles. The van der Waals surface area contributed by atoms with Gasteiger partial charge in [0.1, 0.15) is 11.1 Å². The highest BCUT2D eigenvalue weighted by Gasteiger charge is 2.38. The van der Waals surface area contributed by atoms with E-state index in [2.05, 4.69) is 10.3 Å². The molecular formula is C30H29F3N4O6S. The molecule has 1 aromatic heterocycles. The molecule has 3 atom stereocenters. The smallest absolute Gasteiger partial charge is 0.475 e. The zero-order valence-corrected chi connectivity index (χ0v) is 24.2. The van der Waals surface area contributed by atoms with Crippen molar-refractivity contribution in [2.75, 3.05) is 0 Å². The number of hydrogen-bond donors (Lipinski definition) is 4. The molecule has 44 heavy (non-hydrogen) atoms. The Balaban J connectivity index is 0.000000566. The van der Waals surface area contributed by atoms with Gasteiger partial charge in [-0.15, -0.1) is 0 Å². The molecule has 5 rings (SSSR count). The van der Waals surface area contributed by atoms with Crippen LogP contribution in [0.15, 0.2) is 78.9 Å². The van der Waals surface area contributed by atoms with Gasteiger partial charge in [0.15, 0.2) is 0 Å². The number of H-pyrrole nitrogens is 1. The lowest BCUT2D eigenvalue weighted by Crippen LogP contribution is -2.35. The van der Waals surface area contributed by atoms with E-state index in [0.717, 1.165) is 22.2 Å². The van der Waals surface area contributed by atoms with Crippen molar-refractivity contribution in [3.63, 3.8) is 0 Å². The summed E-state index contributed by atoms with van der Waals surface area (Å²) in [5, 5.41) is 9.40. The van der Waals surface area contributed by atoms with E-state index in [9.17, 15) is 31.2 Å². The van der Waals surface area contributed by atoms with E-state index in [0.29, 0.717) is 24.2 Å². The third-order valence-electron chi connectivity index (χ3n) is 6.92. The van der Waals surface area contributed by atoms with Crippen LogP contribution in [-0.4, -0.2) is 47.5 Å². The van der Waals surface area contributed by atoms with Gasteiger partial charge < -0.3 is 15.4 Å². The number of carbonyl (C=O) groups is 3. The Kier molecular flexibility index (Phi) is 9.72. The number of carboxylic acids is 1. The van der Waals surface area contributed by atoms with Crippen molar-refractivity contribution in [2.45, 2.75) is 43.7 Å². The lowest BCUT2D eigenvalue weighted by Gasteiger charge is -2.20. The summed E-state index contributed by atoms with van der Waals surface area (Å²) in [6.07, 6.45) is -4.09. The Labute approximate surface area is 250 Å². The number of benzene rings is 3. The summed E-state index contributed by atoms with van der Waals surface area (Å²) in [5.41, 5.74) is 4.25. The first-order valence-corrected chi connectivity index (χ1v) is 15.0. The quantitative estimate of drug-likeness (QED) is 0.225. The van der Waals surface area contributed by atoms with Crippen LogP contribution in [0.2, 0.25) is 0 Å². The van der Waals surface area contributed by atoms with E-state index in [1.54, 1.807) is 12.1 Å². The zero-order valence-electron chi connectivity index (χ0n) is 23.3. The van der Waals surface area contributed by atoms with Gasteiger partial charge >= 0.3 is 12.1 Å². The predicted molar refractivity (Wildman–Crippen MR) is 155 cm³/mol. The number of alkyl halides is 3. The molecule has 2 unspecified atom stereocenters. The van der Waals surface area contributed by atoms with E-state index in [-0.39, 0.29) is 18.2 Å². The Morgan fingerprint density at radius 3 is 2.14 bits per heavy atom. The molecule has 2 heterocycles. The highest BCUT2D eigenvalue weighted by Crippen LogP contribution is 2.30. The monoisotopic (exact) mass is 630 g/mol. The predicted octanol–water partition coefficient (Wildman–Crippen LogP) is 4.37. The van der Waals surface area contributed by atoms with Crippen molar-refractivity contribution in [1.29, 1.82) is 0 Å². The highest BCUT2D eigenvalue weighted by atomic mass is 32.2. The molecule has 4 aromatic rings. The van der Waals surface area contributed by atoms with Crippen LogP contribution in [0.5, 0.6) is 0 Å². The van der Waals surface area contributed by atoms with Gasteiger partial charge in [-0.05, 0) is 41.7 Å². The molecule has 10 nitrogen and oxygen atoms in total. The average Bonchev–Trinajstić information content (AvgIpc) is 3.52. The summed E-state index contributed by atoms with van der Waals surface area (Å²) >= 11 is 0. The Morgan fingerprint density at radius 1 is 0.977 bits per heavy atom. The van der Waals surface area contributed by atoms with E-state index < -0.39 is 39.4 Å². The molecule has 232 valence electrons. The number of rotatable bonds is 8. The summed E-state index contributed by atoms with van der Waals surface area (Å²) in [5.74, 6) is -2.92. The number of hydrogen-bond acceptors (Lipinski definition) is 6. The van der Waals surface area contributed by atoms with Crippen molar-refractivity contribution in [3.8, 4) is 0 Å². The van der Waals surface area contributed by atoms with Crippen LogP contribution >= 0.6 is 0 Å². The second-order valence-corrected chi connectivity index (χ2v) is 12.2. The van der Waals surface area contributed by atoms with Crippen molar-refractivity contribution in [1.82, 2.24) is 20.0 Å². The van der Waals surface area contributed by atoms with Crippen LogP contribution in [-0.2, 0) is 37.2 Å². The fourth-order valence-corrected chi connectivity index (χ4v) is 6.11.